The van der Waals surface area contributed by atoms with Crippen LogP contribution in [-0.2, 0) is 12.6 Å². The number of rotatable bonds is 3. The van der Waals surface area contributed by atoms with E-state index < -0.39 is 11.9 Å². The Bertz CT molecular complexity index is 561. The first-order valence-electron chi connectivity index (χ1n) is 5.57. The summed E-state index contributed by atoms with van der Waals surface area (Å²) in [6.07, 6.45) is -3.24. The summed E-state index contributed by atoms with van der Waals surface area (Å²) in [6, 6.07) is 5.34. The minimum Gasteiger partial charge on any atom is -0.508 e. The molecule has 0 aliphatic heterocycles. The van der Waals surface area contributed by atoms with E-state index in [-0.39, 0.29) is 30.0 Å². The average Bonchev–Trinajstić information content (AvgIpc) is 2.74. The minimum absolute atomic E-state index is 0.0216. The second-order valence-corrected chi connectivity index (χ2v) is 3.98. The fraction of sp³-hybridized carbons (Fsp3) is 0.250. The summed E-state index contributed by atoms with van der Waals surface area (Å²) in [6.45, 7) is 0.115. The van der Waals surface area contributed by atoms with Gasteiger partial charge in [0.2, 0.25) is 0 Å². The number of hydrogen-bond acceptors (Lipinski definition) is 3. The SMILES string of the molecule is NCCc1cnn(-c2ccc(O)cc2)c1C(F)(F)F. The molecule has 2 aromatic rings. The van der Waals surface area contributed by atoms with Crippen LogP contribution in [0.25, 0.3) is 5.69 Å². The maximum Gasteiger partial charge on any atom is 0.433 e. The van der Waals surface area contributed by atoms with Gasteiger partial charge in [-0.05, 0) is 37.2 Å². The van der Waals surface area contributed by atoms with E-state index in [1.165, 1.54) is 30.5 Å². The highest BCUT2D eigenvalue weighted by atomic mass is 19.4. The molecule has 2 rings (SSSR count). The first-order valence-corrected chi connectivity index (χ1v) is 5.57. The van der Waals surface area contributed by atoms with Crippen molar-refractivity contribution in [1.29, 1.82) is 0 Å². The second kappa shape index (κ2) is 4.93. The highest BCUT2D eigenvalue weighted by molar-refractivity contribution is 5.39. The average molecular weight is 271 g/mol. The van der Waals surface area contributed by atoms with E-state index in [0.717, 1.165) is 4.68 Å². The molecule has 0 radical (unpaired) electrons. The second-order valence-electron chi connectivity index (χ2n) is 3.98. The predicted octanol–water partition coefficient (Wildman–Crippen LogP) is 2.10. The lowest BCUT2D eigenvalue weighted by Crippen LogP contribution is -2.16. The van der Waals surface area contributed by atoms with Crippen LogP contribution in [0, 0.1) is 0 Å². The van der Waals surface area contributed by atoms with Crippen LogP contribution in [0.15, 0.2) is 30.5 Å². The van der Waals surface area contributed by atoms with Crippen molar-refractivity contribution in [3.63, 3.8) is 0 Å². The van der Waals surface area contributed by atoms with Crippen LogP contribution in [0.5, 0.6) is 5.75 Å². The van der Waals surface area contributed by atoms with Crippen molar-refractivity contribution < 1.29 is 18.3 Å². The molecule has 4 nitrogen and oxygen atoms in total. The Labute approximate surface area is 107 Å². The number of nitrogens with two attached hydrogens (primary N) is 1. The van der Waals surface area contributed by atoms with E-state index >= 15 is 0 Å². The Hall–Kier alpha value is -2.02. The number of aromatic hydroxyl groups is 1. The summed E-state index contributed by atoms with van der Waals surface area (Å²) in [5.41, 5.74) is 4.76. The summed E-state index contributed by atoms with van der Waals surface area (Å²) in [5, 5.41) is 12.9. The smallest absolute Gasteiger partial charge is 0.433 e. The lowest BCUT2D eigenvalue weighted by atomic mass is 10.1. The van der Waals surface area contributed by atoms with Gasteiger partial charge in [0.15, 0.2) is 5.69 Å². The Morgan fingerprint density at radius 3 is 2.37 bits per heavy atom. The van der Waals surface area contributed by atoms with Gasteiger partial charge in [-0.3, -0.25) is 0 Å². The molecule has 0 unspecified atom stereocenters. The standard InChI is InChI=1S/C12H12F3N3O/c13-12(14,15)11-8(5-6-16)7-17-18(11)9-1-3-10(19)4-2-9/h1-4,7,19H,5-6,16H2. The number of phenols is 1. The van der Waals surface area contributed by atoms with Gasteiger partial charge in [-0.1, -0.05) is 0 Å². The third-order valence-electron chi connectivity index (χ3n) is 2.62. The molecular weight excluding hydrogens is 259 g/mol. The summed E-state index contributed by atoms with van der Waals surface area (Å²) >= 11 is 0. The molecule has 7 heteroatoms. The Morgan fingerprint density at radius 1 is 1.21 bits per heavy atom. The zero-order chi connectivity index (χ0) is 14.0. The molecule has 0 bridgehead atoms. The van der Waals surface area contributed by atoms with Crippen molar-refractivity contribution in [2.45, 2.75) is 12.6 Å². The first kappa shape index (κ1) is 13.4. The zero-order valence-electron chi connectivity index (χ0n) is 9.85. The maximum absolute atomic E-state index is 13.1. The van der Waals surface area contributed by atoms with Gasteiger partial charge in [0.1, 0.15) is 5.75 Å². The van der Waals surface area contributed by atoms with Crippen molar-refractivity contribution in [2.75, 3.05) is 6.54 Å². The summed E-state index contributed by atoms with van der Waals surface area (Å²) in [4.78, 5) is 0. The van der Waals surface area contributed by atoms with E-state index in [2.05, 4.69) is 5.10 Å². The van der Waals surface area contributed by atoms with Crippen molar-refractivity contribution in [1.82, 2.24) is 9.78 Å². The van der Waals surface area contributed by atoms with Gasteiger partial charge in [0.25, 0.3) is 0 Å². The minimum atomic E-state index is -4.51. The van der Waals surface area contributed by atoms with Crippen LogP contribution in [0.2, 0.25) is 0 Å². The first-order chi connectivity index (χ1) is 8.93. The predicted molar refractivity (Wildman–Crippen MR) is 63.0 cm³/mol. The van der Waals surface area contributed by atoms with E-state index in [4.69, 9.17) is 10.8 Å². The Morgan fingerprint density at radius 2 is 1.84 bits per heavy atom. The molecule has 0 aliphatic carbocycles. The van der Waals surface area contributed by atoms with Gasteiger partial charge in [-0.2, -0.15) is 18.3 Å². The largest absolute Gasteiger partial charge is 0.508 e. The number of benzene rings is 1. The molecule has 0 fully saturated rings. The number of phenolic OH excluding ortho intramolecular Hbond substituents is 1. The van der Waals surface area contributed by atoms with Crippen molar-refractivity contribution in [3.8, 4) is 11.4 Å². The van der Waals surface area contributed by atoms with E-state index in [0.29, 0.717) is 0 Å². The Balaban J connectivity index is 2.54. The third-order valence-corrected chi connectivity index (χ3v) is 2.62. The van der Waals surface area contributed by atoms with Crippen LogP contribution in [0.4, 0.5) is 13.2 Å². The summed E-state index contributed by atoms with van der Waals surface area (Å²) in [7, 11) is 0. The highest BCUT2D eigenvalue weighted by Crippen LogP contribution is 2.33. The molecule has 0 atom stereocenters. The number of aromatic nitrogens is 2. The molecule has 0 saturated carbocycles. The van der Waals surface area contributed by atoms with E-state index in [1.54, 1.807) is 0 Å². The van der Waals surface area contributed by atoms with Gasteiger partial charge in [-0.15, -0.1) is 0 Å². The molecule has 1 aromatic heterocycles. The molecular formula is C12H12F3N3O. The lowest BCUT2D eigenvalue weighted by Gasteiger charge is -2.12. The molecule has 102 valence electrons. The lowest BCUT2D eigenvalue weighted by molar-refractivity contribution is -0.143. The van der Waals surface area contributed by atoms with Gasteiger partial charge in [0, 0.05) is 5.56 Å². The van der Waals surface area contributed by atoms with Crippen molar-refractivity contribution in [3.05, 3.63) is 41.7 Å². The molecule has 1 heterocycles. The fourth-order valence-electron chi connectivity index (χ4n) is 1.81. The monoisotopic (exact) mass is 271 g/mol. The summed E-state index contributed by atoms with van der Waals surface area (Å²) in [5.74, 6) is -0.0216. The summed E-state index contributed by atoms with van der Waals surface area (Å²) < 4.78 is 40.0. The molecule has 1 aromatic carbocycles. The Kier molecular flexibility index (Phi) is 3.48. The molecule has 19 heavy (non-hydrogen) atoms. The molecule has 0 saturated heterocycles. The number of alkyl halides is 3. The van der Waals surface area contributed by atoms with E-state index in [1.807, 2.05) is 0 Å². The van der Waals surface area contributed by atoms with E-state index in [9.17, 15) is 13.2 Å². The molecule has 0 aliphatic rings. The van der Waals surface area contributed by atoms with Gasteiger partial charge in [-0.25, -0.2) is 4.68 Å². The molecule has 0 amide bonds. The normalized spacial score (nSPS) is 11.8. The van der Waals surface area contributed by atoms with Crippen LogP contribution >= 0.6 is 0 Å². The topological polar surface area (TPSA) is 64.1 Å². The highest BCUT2D eigenvalue weighted by Gasteiger charge is 2.38. The van der Waals surface area contributed by atoms with Crippen molar-refractivity contribution in [2.24, 2.45) is 5.73 Å². The number of halogens is 3. The van der Waals surface area contributed by atoms with Gasteiger partial charge >= 0.3 is 6.18 Å². The van der Waals surface area contributed by atoms with Crippen molar-refractivity contribution >= 4 is 0 Å². The third kappa shape index (κ3) is 2.70. The fourth-order valence-corrected chi connectivity index (χ4v) is 1.81. The van der Waals surface area contributed by atoms with Gasteiger partial charge in [0.05, 0.1) is 11.9 Å². The number of nitrogens with zero attached hydrogens (tertiary/aromatic N) is 2. The van der Waals surface area contributed by atoms with Crippen LogP contribution < -0.4 is 5.73 Å². The quantitative estimate of drug-likeness (QED) is 0.898. The maximum atomic E-state index is 13.1. The van der Waals surface area contributed by atoms with Gasteiger partial charge < -0.3 is 10.8 Å². The van der Waals surface area contributed by atoms with Crippen LogP contribution in [-0.4, -0.2) is 21.4 Å². The zero-order valence-corrected chi connectivity index (χ0v) is 9.85. The number of hydrogen-bond donors (Lipinski definition) is 2. The van der Waals surface area contributed by atoms with Crippen LogP contribution in [0.1, 0.15) is 11.3 Å². The molecule has 3 N–H and O–H groups in total. The molecule has 0 spiro atoms. The van der Waals surface area contributed by atoms with Crippen LogP contribution in [0.3, 0.4) is 0 Å².